The molecule has 1 radical (unpaired) electrons. The first kappa shape index (κ1) is 15.9. The van der Waals surface area contributed by atoms with Gasteiger partial charge in [-0.15, -0.1) is 6.95 Å². The van der Waals surface area contributed by atoms with E-state index in [-0.39, 0.29) is 0 Å². The normalized spacial score (nSPS) is 12.4. The van der Waals surface area contributed by atoms with E-state index in [1.807, 2.05) is 0 Å². The second kappa shape index (κ2) is 8.95. The monoisotopic (exact) mass is 249 g/mol. The second-order valence-electron chi connectivity index (χ2n) is 4.40. The van der Waals surface area contributed by atoms with E-state index >= 15 is 0 Å². The summed E-state index contributed by atoms with van der Waals surface area (Å²) < 4.78 is 0. The van der Waals surface area contributed by atoms with Crippen LogP contribution in [0.3, 0.4) is 0 Å². The largest absolute Gasteiger partial charge is 0.103 e. The second-order valence-corrected chi connectivity index (χ2v) is 14.5. The predicted octanol–water partition coefficient (Wildman–Crippen LogP) is 5.67. The molecule has 0 unspecified atom stereocenters. The highest BCUT2D eigenvalue weighted by Gasteiger charge is 2.31. The Morgan fingerprint density at radius 2 is 1.00 bits per heavy atom. The molecule has 0 aromatic carbocycles. The van der Waals surface area contributed by atoms with Crippen LogP contribution in [0.1, 0.15) is 53.9 Å². The molecule has 0 saturated heterocycles. The minimum Gasteiger partial charge on any atom is -0.103 e. The molecule has 0 aliphatic heterocycles. The molecule has 0 heterocycles. The van der Waals surface area contributed by atoms with Crippen LogP contribution in [0.25, 0.3) is 0 Å². The van der Waals surface area contributed by atoms with E-state index < -0.39 is 6.95 Å². The smallest absolute Gasteiger partial charge is 0.0319 e. The quantitative estimate of drug-likeness (QED) is 0.462. The first-order valence-electron chi connectivity index (χ1n) is 6.82. The maximum Gasteiger partial charge on any atom is -0.0319 e. The van der Waals surface area contributed by atoms with Gasteiger partial charge in [-0.2, -0.15) is 0 Å². The number of hydrogen-bond donors (Lipinski definition) is 0. The Hall–Kier alpha value is 0.860. The molecule has 0 rings (SSSR count). The molecule has 0 saturated carbocycles. The van der Waals surface area contributed by atoms with E-state index in [0.29, 0.717) is 7.61 Å². The summed E-state index contributed by atoms with van der Waals surface area (Å²) in [7, 11) is 0.390. The van der Waals surface area contributed by atoms with E-state index in [1.165, 1.54) is 31.6 Å². The van der Waals surface area contributed by atoms with Gasteiger partial charge < -0.3 is 0 Å². The standard InChI is InChI=1S/C13H31P2/c1-6-11-15(12-7-2,13-8-3)14(9-4)10-5/h6-13H2,1-5H3. The van der Waals surface area contributed by atoms with E-state index in [9.17, 15) is 0 Å². The molecule has 0 atom stereocenters. The Bertz CT molecular complexity index is 124. The highest BCUT2D eigenvalue weighted by Crippen LogP contribution is 2.84. The van der Waals surface area contributed by atoms with Gasteiger partial charge in [0.2, 0.25) is 0 Å². The molecular weight excluding hydrogens is 218 g/mol. The van der Waals surface area contributed by atoms with E-state index in [1.54, 1.807) is 18.5 Å². The summed E-state index contributed by atoms with van der Waals surface area (Å²) in [6.07, 6.45) is 12.0. The van der Waals surface area contributed by atoms with Gasteiger partial charge in [-0.05, 0) is 30.8 Å². The van der Waals surface area contributed by atoms with Gasteiger partial charge in [-0.1, -0.05) is 61.5 Å². The van der Waals surface area contributed by atoms with Gasteiger partial charge in [-0.3, -0.25) is 0 Å². The predicted molar refractivity (Wildman–Crippen MR) is 80.4 cm³/mol. The van der Waals surface area contributed by atoms with Crippen molar-refractivity contribution in [3.05, 3.63) is 0 Å². The molecule has 0 aliphatic rings. The van der Waals surface area contributed by atoms with Gasteiger partial charge in [-0.25, -0.2) is 0 Å². The van der Waals surface area contributed by atoms with Gasteiger partial charge in [0, 0.05) is 0 Å². The Labute approximate surface area is 99.6 Å². The third-order valence-corrected chi connectivity index (χ3v) is 16.8. The first-order chi connectivity index (χ1) is 7.20. The van der Waals surface area contributed by atoms with Crippen LogP contribution in [0.5, 0.6) is 0 Å². The maximum atomic E-state index is 2.44. The van der Waals surface area contributed by atoms with Crippen LogP contribution in [0.15, 0.2) is 0 Å². The fourth-order valence-electron chi connectivity index (χ4n) is 2.83. The summed E-state index contributed by atoms with van der Waals surface area (Å²) in [6, 6.07) is 0. The van der Waals surface area contributed by atoms with E-state index in [4.69, 9.17) is 0 Å². The maximum absolute atomic E-state index is 2.44. The highest BCUT2D eigenvalue weighted by atomic mass is 32.1. The van der Waals surface area contributed by atoms with Crippen molar-refractivity contribution in [3.63, 3.8) is 0 Å². The average molecular weight is 249 g/mol. The molecule has 0 aromatic rings. The molecule has 0 nitrogen and oxygen atoms in total. The van der Waals surface area contributed by atoms with Crippen LogP contribution in [-0.4, -0.2) is 30.8 Å². The van der Waals surface area contributed by atoms with Crippen molar-refractivity contribution in [2.45, 2.75) is 53.9 Å². The summed E-state index contributed by atoms with van der Waals surface area (Å²) in [4.78, 5) is 0. The fourth-order valence-corrected chi connectivity index (χ4v) is 16.4. The number of hydrogen-bond acceptors (Lipinski definition) is 0. The lowest BCUT2D eigenvalue weighted by molar-refractivity contribution is 1.01. The van der Waals surface area contributed by atoms with Crippen LogP contribution >= 0.6 is 14.6 Å². The summed E-state index contributed by atoms with van der Waals surface area (Å²) in [5.74, 6) is 0. The Morgan fingerprint density at radius 3 is 1.20 bits per heavy atom. The molecule has 0 amide bonds. The molecule has 0 bridgehead atoms. The minimum atomic E-state index is -0.541. The van der Waals surface area contributed by atoms with Crippen molar-refractivity contribution in [2.24, 2.45) is 0 Å². The van der Waals surface area contributed by atoms with Crippen molar-refractivity contribution < 1.29 is 0 Å². The lowest BCUT2D eigenvalue weighted by Gasteiger charge is -2.43. The number of rotatable bonds is 9. The molecule has 0 fully saturated rings. The lowest BCUT2D eigenvalue weighted by atomic mass is 10.6. The van der Waals surface area contributed by atoms with Crippen molar-refractivity contribution in [1.29, 1.82) is 0 Å². The zero-order chi connectivity index (χ0) is 11.7. The van der Waals surface area contributed by atoms with Crippen molar-refractivity contribution in [3.8, 4) is 0 Å². The van der Waals surface area contributed by atoms with Crippen molar-refractivity contribution in [1.82, 2.24) is 0 Å². The molecule has 0 spiro atoms. The Kier molecular flexibility index (Phi) is 9.46. The first-order valence-corrected chi connectivity index (χ1v) is 11.6. The highest BCUT2D eigenvalue weighted by molar-refractivity contribution is 8.38. The lowest BCUT2D eigenvalue weighted by Crippen LogP contribution is -2.08. The Morgan fingerprint density at radius 1 is 0.667 bits per heavy atom. The van der Waals surface area contributed by atoms with Crippen LogP contribution in [-0.2, 0) is 0 Å². The topological polar surface area (TPSA) is 0 Å². The van der Waals surface area contributed by atoms with E-state index in [2.05, 4.69) is 34.6 Å². The van der Waals surface area contributed by atoms with Gasteiger partial charge in [0.1, 0.15) is 0 Å². The minimum absolute atomic E-state index is 0.390. The summed E-state index contributed by atoms with van der Waals surface area (Å²) in [5, 5.41) is 0. The fraction of sp³-hybridized carbons (Fsp3) is 1.00. The van der Waals surface area contributed by atoms with Crippen molar-refractivity contribution >= 4 is 14.6 Å². The van der Waals surface area contributed by atoms with Gasteiger partial charge in [0.15, 0.2) is 0 Å². The third-order valence-electron chi connectivity index (χ3n) is 3.25. The zero-order valence-electron chi connectivity index (χ0n) is 11.6. The SMILES string of the molecule is CCC[P](CCC)(CCC)P(CC)CC. The van der Waals surface area contributed by atoms with Gasteiger partial charge in [0.05, 0.1) is 0 Å². The third kappa shape index (κ3) is 4.70. The van der Waals surface area contributed by atoms with Crippen LogP contribution in [0, 0.1) is 0 Å². The molecule has 0 aliphatic carbocycles. The molecule has 0 N–H and O–H groups in total. The summed E-state index contributed by atoms with van der Waals surface area (Å²) >= 11 is 0. The molecular formula is C13H31P2. The zero-order valence-corrected chi connectivity index (χ0v) is 13.3. The van der Waals surface area contributed by atoms with Crippen LogP contribution in [0.4, 0.5) is 0 Å². The molecule has 0 aromatic heterocycles. The van der Waals surface area contributed by atoms with Gasteiger partial charge in [0.25, 0.3) is 0 Å². The Balaban J connectivity index is 4.71. The van der Waals surface area contributed by atoms with Crippen molar-refractivity contribution in [2.75, 3.05) is 30.8 Å². The van der Waals surface area contributed by atoms with Gasteiger partial charge >= 0.3 is 0 Å². The summed E-state index contributed by atoms with van der Waals surface area (Å²) in [5.41, 5.74) is 0. The summed E-state index contributed by atoms with van der Waals surface area (Å²) in [6.45, 7) is 11.5. The molecule has 15 heavy (non-hydrogen) atoms. The van der Waals surface area contributed by atoms with Crippen LogP contribution < -0.4 is 0 Å². The molecule has 93 valence electrons. The van der Waals surface area contributed by atoms with Crippen LogP contribution in [0.2, 0.25) is 0 Å². The molecule has 2 heteroatoms. The average Bonchev–Trinajstić information content (AvgIpc) is 2.20. The van der Waals surface area contributed by atoms with E-state index in [0.717, 1.165) is 0 Å².